The van der Waals surface area contributed by atoms with Crippen molar-refractivity contribution in [3.63, 3.8) is 0 Å². The molecule has 5 nitrogen and oxygen atoms in total. The molecular weight excluding hydrogens is 334 g/mol. The molecule has 3 aromatic rings. The predicted molar refractivity (Wildman–Crippen MR) is 101 cm³/mol. The van der Waals surface area contributed by atoms with E-state index in [-0.39, 0.29) is 29.5 Å². The van der Waals surface area contributed by atoms with Crippen LogP contribution in [0.25, 0.3) is 10.8 Å². The highest BCUT2D eigenvalue weighted by atomic mass is 32.1. The Morgan fingerprint density at radius 2 is 2.12 bits per heavy atom. The molecular formula is C19H21N3O2S. The lowest BCUT2D eigenvalue weighted by Crippen LogP contribution is -2.39. The van der Waals surface area contributed by atoms with Crippen LogP contribution >= 0.6 is 11.3 Å². The number of pyridine rings is 2. The van der Waals surface area contributed by atoms with E-state index in [1.807, 2.05) is 23.6 Å². The summed E-state index contributed by atoms with van der Waals surface area (Å²) in [6.45, 7) is 6.25. The zero-order valence-corrected chi connectivity index (χ0v) is 15.3. The Morgan fingerprint density at radius 3 is 2.80 bits per heavy atom. The quantitative estimate of drug-likeness (QED) is 0.780. The average molecular weight is 355 g/mol. The second-order valence-electron chi connectivity index (χ2n) is 7.09. The lowest BCUT2D eigenvalue weighted by atomic mass is 9.85. The molecule has 0 aliphatic rings. The van der Waals surface area contributed by atoms with E-state index in [0.29, 0.717) is 5.39 Å². The minimum atomic E-state index is -0.204. The molecule has 1 amide bonds. The highest BCUT2D eigenvalue weighted by Gasteiger charge is 2.28. The second-order valence-corrected chi connectivity index (χ2v) is 8.07. The Kier molecular flexibility index (Phi) is 4.72. The van der Waals surface area contributed by atoms with Crippen molar-refractivity contribution in [1.29, 1.82) is 0 Å². The first-order valence-corrected chi connectivity index (χ1v) is 9.00. The molecule has 0 fully saturated rings. The van der Waals surface area contributed by atoms with Crippen LogP contribution in [0.5, 0.6) is 0 Å². The summed E-state index contributed by atoms with van der Waals surface area (Å²) < 4.78 is 1.42. The van der Waals surface area contributed by atoms with E-state index in [2.05, 4.69) is 31.1 Å². The smallest absolute Gasteiger partial charge is 0.260 e. The summed E-state index contributed by atoms with van der Waals surface area (Å²) in [5.74, 6) is -0.182. The van der Waals surface area contributed by atoms with Gasteiger partial charge >= 0.3 is 0 Å². The van der Waals surface area contributed by atoms with Crippen LogP contribution in [-0.2, 0) is 11.3 Å². The lowest BCUT2D eigenvalue weighted by molar-refractivity contribution is -0.123. The number of hydrogen-bond donors (Lipinski definition) is 1. The van der Waals surface area contributed by atoms with Gasteiger partial charge < -0.3 is 9.88 Å². The predicted octanol–water partition coefficient (Wildman–Crippen LogP) is 3.36. The highest BCUT2D eigenvalue weighted by molar-refractivity contribution is 7.10. The van der Waals surface area contributed by atoms with Crippen LogP contribution in [-0.4, -0.2) is 15.5 Å². The van der Waals surface area contributed by atoms with Crippen LogP contribution in [0.15, 0.2) is 53.0 Å². The third-order valence-corrected chi connectivity index (χ3v) is 5.03. The molecule has 1 N–H and O–H groups in total. The van der Waals surface area contributed by atoms with Gasteiger partial charge in [0.25, 0.3) is 5.56 Å². The largest absolute Gasteiger partial charge is 0.346 e. The monoisotopic (exact) mass is 355 g/mol. The molecule has 0 saturated carbocycles. The zero-order valence-electron chi connectivity index (χ0n) is 14.5. The third-order valence-electron chi connectivity index (χ3n) is 4.09. The number of carbonyl (C=O) groups is 1. The summed E-state index contributed by atoms with van der Waals surface area (Å²) in [6.07, 6.45) is 4.84. The number of rotatable bonds is 4. The summed E-state index contributed by atoms with van der Waals surface area (Å²) in [7, 11) is 0. The van der Waals surface area contributed by atoms with Crippen molar-refractivity contribution in [2.24, 2.45) is 5.41 Å². The van der Waals surface area contributed by atoms with Gasteiger partial charge in [-0.15, -0.1) is 11.3 Å². The van der Waals surface area contributed by atoms with Crippen LogP contribution in [0.3, 0.4) is 0 Å². The summed E-state index contributed by atoms with van der Waals surface area (Å²) >= 11 is 1.62. The van der Waals surface area contributed by atoms with Gasteiger partial charge in [-0.25, -0.2) is 0 Å². The van der Waals surface area contributed by atoms with Gasteiger partial charge in [0, 0.05) is 23.5 Å². The SMILES string of the molecule is CC(C)(C)C(NC(=O)Cn1ccc2ccncc2c1=O)c1cccs1. The van der Waals surface area contributed by atoms with Crippen molar-refractivity contribution in [2.75, 3.05) is 0 Å². The fourth-order valence-electron chi connectivity index (χ4n) is 2.78. The van der Waals surface area contributed by atoms with Crippen LogP contribution in [0, 0.1) is 5.41 Å². The number of fused-ring (bicyclic) bond motifs is 1. The Labute approximate surface area is 150 Å². The highest BCUT2D eigenvalue weighted by Crippen LogP contribution is 2.35. The minimum Gasteiger partial charge on any atom is -0.346 e. The maximum Gasteiger partial charge on any atom is 0.260 e. The van der Waals surface area contributed by atoms with Crippen molar-refractivity contribution in [3.05, 3.63) is 63.5 Å². The van der Waals surface area contributed by atoms with Crippen LogP contribution in [0.4, 0.5) is 0 Å². The van der Waals surface area contributed by atoms with Gasteiger partial charge in [0.15, 0.2) is 0 Å². The van der Waals surface area contributed by atoms with Crippen LogP contribution < -0.4 is 10.9 Å². The fraction of sp³-hybridized carbons (Fsp3) is 0.316. The third kappa shape index (κ3) is 3.79. The maximum atomic E-state index is 12.6. The Morgan fingerprint density at radius 1 is 1.32 bits per heavy atom. The lowest BCUT2D eigenvalue weighted by Gasteiger charge is -2.30. The van der Waals surface area contributed by atoms with Gasteiger partial charge in [0.2, 0.25) is 5.91 Å². The van der Waals surface area contributed by atoms with Crippen molar-refractivity contribution in [1.82, 2.24) is 14.9 Å². The van der Waals surface area contributed by atoms with Gasteiger partial charge in [0.05, 0.1) is 11.4 Å². The standard InChI is InChI=1S/C19H21N3O2S/c1-19(2,3)17(15-5-4-10-25-15)21-16(23)12-22-9-7-13-6-8-20-11-14(13)18(22)24/h4-11,17H,12H2,1-3H3,(H,21,23). The molecule has 0 radical (unpaired) electrons. The number of hydrogen-bond acceptors (Lipinski definition) is 4. The molecule has 0 aliphatic heterocycles. The molecule has 6 heteroatoms. The van der Waals surface area contributed by atoms with Crippen molar-refractivity contribution >= 4 is 28.0 Å². The topological polar surface area (TPSA) is 64.0 Å². The van der Waals surface area contributed by atoms with Gasteiger partial charge in [-0.05, 0) is 34.4 Å². The van der Waals surface area contributed by atoms with E-state index < -0.39 is 0 Å². The molecule has 3 heterocycles. The number of nitrogens with one attached hydrogen (secondary N) is 1. The maximum absolute atomic E-state index is 12.6. The van der Waals surface area contributed by atoms with Gasteiger partial charge in [-0.3, -0.25) is 14.6 Å². The molecule has 1 unspecified atom stereocenters. The molecule has 3 aromatic heterocycles. The second kappa shape index (κ2) is 6.80. The van der Waals surface area contributed by atoms with Gasteiger partial charge in [-0.2, -0.15) is 0 Å². The molecule has 3 rings (SSSR count). The average Bonchev–Trinajstić information content (AvgIpc) is 3.08. The van der Waals surface area contributed by atoms with Crippen LogP contribution in [0.2, 0.25) is 0 Å². The van der Waals surface area contributed by atoms with E-state index >= 15 is 0 Å². The number of aromatic nitrogens is 2. The van der Waals surface area contributed by atoms with E-state index in [1.54, 1.807) is 29.8 Å². The molecule has 0 bridgehead atoms. The van der Waals surface area contributed by atoms with Crippen molar-refractivity contribution < 1.29 is 4.79 Å². The first kappa shape index (κ1) is 17.4. The molecule has 0 aromatic carbocycles. The Hall–Kier alpha value is -2.47. The van der Waals surface area contributed by atoms with E-state index in [0.717, 1.165) is 10.3 Å². The summed E-state index contributed by atoms with van der Waals surface area (Å²) in [5.41, 5.74) is -0.331. The fourth-order valence-corrected chi connectivity index (χ4v) is 3.80. The molecule has 25 heavy (non-hydrogen) atoms. The first-order valence-electron chi connectivity index (χ1n) is 8.12. The van der Waals surface area contributed by atoms with Crippen molar-refractivity contribution in [3.8, 4) is 0 Å². The number of thiophene rings is 1. The molecule has 0 spiro atoms. The number of carbonyl (C=O) groups excluding carboxylic acids is 1. The Bertz CT molecular complexity index is 939. The van der Waals surface area contributed by atoms with Crippen LogP contribution in [0.1, 0.15) is 31.7 Å². The molecule has 130 valence electrons. The van der Waals surface area contributed by atoms with Gasteiger partial charge in [0.1, 0.15) is 6.54 Å². The van der Waals surface area contributed by atoms with E-state index in [1.165, 1.54) is 10.8 Å². The molecule has 1 atom stereocenters. The van der Waals surface area contributed by atoms with Crippen molar-refractivity contribution in [2.45, 2.75) is 33.4 Å². The molecule has 0 saturated heterocycles. The zero-order chi connectivity index (χ0) is 18.0. The summed E-state index contributed by atoms with van der Waals surface area (Å²) in [5, 5.41) is 6.42. The number of nitrogens with zero attached hydrogens (tertiary/aromatic N) is 2. The van der Waals surface area contributed by atoms with E-state index in [9.17, 15) is 9.59 Å². The Balaban J connectivity index is 1.82. The summed E-state index contributed by atoms with van der Waals surface area (Å²) in [6, 6.07) is 7.51. The number of amides is 1. The van der Waals surface area contributed by atoms with E-state index in [4.69, 9.17) is 0 Å². The first-order chi connectivity index (χ1) is 11.9. The normalized spacial score (nSPS) is 12.9. The molecule has 0 aliphatic carbocycles. The van der Waals surface area contributed by atoms with Gasteiger partial charge in [-0.1, -0.05) is 26.8 Å². The minimum absolute atomic E-state index is 0.0123. The summed E-state index contributed by atoms with van der Waals surface area (Å²) in [4.78, 5) is 30.2.